The van der Waals surface area contributed by atoms with E-state index in [9.17, 15) is 4.79 Å². The van der Waals surface area contributed by atoms with Crippen LogP contribution in [0, 0.1) is 0 Å². The molecule has 21 heavy (non-hydrogen) atoms. The average Bonchev–Trinajstić information content (AvgIpc) is 2.92. The number of thioether (sulfide) groups is 1. The third kappa shape index (κ3) is 3.83. The molecule has 0 unspecified atom stereocenters. The Bertz CT molecular complexity index is 641. The summed E-state index contributed by atoms with van der Waals surface area (Å²) in [5.74, 6) is -0.0252. The van der Waals surface area contributed by atoms with E-state index in [0.717, 1.165) is 5.69 Å². The third-order valence-electron chi connectivity index (χ3n) is 2.64. The van der Waals surface area contributed by atoms with Crippen molar-refractivity contribution in [3.05, 3.63) is 42.1 Å². The fourth-order valence-corrected chi connectivity index (χ4v) is 1.98. The molecule has 0 saturated carbocycles. The maximum absolute atomic E-state index is 12.0. The summed E-state index contributed by atoms with van der Waals surface area (Å²) in [5.41, 5.74) is 1.21. The number of carbonyl (C=O) groups is 1. The molecule has 1 heterocycles. The molecule has 5 nitrogen and oxygen atoms in total. The van der Waals surface area contributed by atoms with Crippen LogP contribution in [0.3, 0.4) is 0 Å². The first-order valence-electron chi connectivity index (χ1n) is 6.33. The maximum atomic E-state index is 12.0. The molecule has 0 aliphatic carbocycles. The molecule has 110 valence electrons. The van der Waals surface area contributed by atoms with Crippen LogP contribution in [0.4, 0.5) is 5.82 Å². The van der Waals surface area contributed by atoms with E-state index in [1.807, 2.05) is 36.6 Å². The van der Waals surface area contributed by atoms with Crippen LogP contribution in [0.25, 0.3) is 5.69 Å². The van der Waals surface area contributed by atoms with Crippen molar-refractivity contribution in [2.45, 2.75) is 6.92 Å². The SMILES string of the molecule is CCOC(=O)c1cn(-c2ccccc2)nc1NC(=S)SC. The van der Waals surface area contributed by atoms with Gasteiger partial charge in [0.2, 0.25) is 0 Å². The quantitative estimate of drug-likeness (QED) is 0.690. The van der Waals surface area contributed by atoms with Gasteiger partial charge in [-0.05, 0) is 25.3 Å². The summed E-state index contributed by atoms with van der Waals surface area (Å²) in [5, 5.41) is 7.33. The zero-order chi connectivity index (χ0) is 15.2. The summed E-state index contributed by atoms with van der Waals surface area (Å²) < 4.78 is 7.21. The number of ether oxygens (including phenoxy) is 1. The van der Waals surface area contributed by atoms with Crippen molar-refractivity contribution in [3.8, 4) is 5.69 Å². The molecule has 7 heteroatoms. The summed E-state index contributed by atoms with van der Waals surface area (Å²) in [6, 6.07) is 9.53. The second-order valence-electron chi connectivity index (χ2n) is 4.01. The highest BCUT2D eigenvalue weighted by Crippen LogP contribution is 2.19. The molecular formula is C14H15N3O2S2. The molecule has 1 aromatic carbocycles. The first-order valence-corrected chi connectivity index (χ1v) is 7.96. The monoisotopic (exact) mass is 321 g/mol. The maximum Gasteiger partial charge on any atom is 0.343 e. The molecule has 0 amide bonds. The van der Waals surface area contributed by atoms with E-state index in [1.54, 1.807) is 17.8 Å². The Morgan fingerprint density at radius 3 is 2.76 bits per heavy atom. The molecule has 0 radical (unpaired) electrons. The van der Waals surface area contributed by atoms with Crippen molar-refractivity contribution in [1.29, 1.82) is 0 Å². The number of rotatable bonds is 4. The van der Waals surface area contributed by atoms with Crippen molar-refractivity contribution in [3.63, 3.8) is 0 Å². The molecule has 0 saturated heterocycles. The van der Waals surface area contributed by atoms with Crippen molar-refractivity contribution < 1.29 is 9.53 Å². The van der Waals surface area contributed by atoms with E-state index in [4.69, 9.17) is 17.0 Å². The van der Waals surface area contributed by atoms with Gasteiger partial charge in [-0.3, -0.25) is 0 Å². The van der Waals surface area contributed by atoms with Crippen LogP contribution in [0.2, 0.25) is 0 Å². The van der Waals surface area contributed by atoms with Gasteiger partial charge in [0.25, 0.3) is 0 Å². The highest BCUT2D eigenvalue weighted by atomic mass is 32.2. The van der Waals surface area contributed by atoms with E-state index in [0.29, 0.717) is 22.3 Å². The molecule has 0 fully saturated rings. The molecule has 2 rings (SSSR count). The Hall–Kier alpha value is -1.86. The predicted octanol–water partition coefficient (Wildman–Crippen LogP) is 3.11. The lowest BCUT2D eigenvalue weighted by Crippen LogP contribution is -2.10. The van der Waals surface area contributed by atoms with E-state index < -0.39 is 5.97 Å². The Morgan fingerprint density at radius 2 is 2.14 bits per heavy atom. The van der Waals surface area contributed by atoms with Crippen LogP contribution in [0.1, 0.15) is 17.3 Å². The normalized spacial score (nSPS) is 10.2. The average molecular weight is 321 g/mol. The molecule has 1 aromatic heterocycles. The number of hydrogen-bond donors (Lipinski definition) is 1. The van der Waals surface area contributed by atoms with Gasteiger partial charge >= 0.3 is 5.97 Å². The number of nitrogens with zero attached hydrogens (tertiary/aromatic N) is 2. The minimum Gasteiger partial charge on any atom is -0.462 e. The molecule has 0 aliphatic rings. The first kappa shape index (κ1) is 15.5. The smallest absolute Gasteiger partial charge is 0.343 e. The molecule has 0 bridgehead atoms. The highest BCUT2D eigenvalue weighted by Gasteiger charge is 2.19. The van der Waals surface area contributed by atoms with Gasteiger partial charge in [-0.1, -0.05) is 30.4 Å². The number of anilines is 1. The molecule has 1 N–H and O–H groups in total. The zero-order valence-electron chi connectivity index (χ0n) is 11.7. The Kier molecular flexibility index (Phi) is 5.35. The lowest BCUT2D eigenvalue weighted by Gasteiger charge is -2.04. The largest absolute Gasteiger partial charge is 0.462 e. The molecular weight excluding hydrogens is 306 g/mol. The van der Waals surface area contributed by atoms with E-state index >= 15 is 0 Å². The fourth-order valence-electron chi connectivity index (χ4n) is 1.69. The molecule has 0 aliphatic heterocycles. The van der Waals surface area contributed by atoms with Gasteiger partial charge in [-0.2, -0.15) is 0 Å². The molecule has 0 atom stereocenters. The second-order valence-corrected chi connectivity index (χ2v) is 5.49. The summed E-state index contributed by atoms with van der Waals surface area (Å²) in [6.45, 7) is 2.07. The van der Waals surface area contributed by atoms with Gasteiger partial charge < -0.3 is 10.1 Å². The standard InChI is InChI=1S/C14H15N3O2S2/c1-3-19-13(18)11-9-17(10-7-5-4-6-8-10)16-12(11)15-14(20)21-2/h4-9H,3H2,1-2H3,(H,15,16,20). The first-order chi connectivity index (χ1) is 10.2. The number of benzene rings is 1. The van der Waals surface area contributed by atoms with Gasteiger partial charge in [0.1, 0.15) is 9.88 Å². The van der Waals surface area contributed by atoms with Crippen LogP contribution in [0.15, 0.2) is 36.5 Å². The van der Waals surface area contributed by atoms with Crippen LogP contribution in [-0.4, -0.2) is 32.9 Å². The number of para-hydroxylation sites is 1. The predicted molar refractivity (Wildman–Crippen MR) is 89.3 cm³/mol. The van der Waals surface area contributed by atoms with Gasteiger partial charge in [0, 0.05) is 6.20 Å². The van der Waals surface area contributed by atoms with Crippen LogP contribution in [0.5, 0.6) is 0 Å². The van der Waals surface area contributed by atoms with Gasteiger partial charge in [-0.15, -0.1) is 16.9 Å². The number of aromatic nitrogens is 2. The lowest BCUT2D eigenvalue weighted by atomic mass is 10.3. The van der Waals surface area contributed by atoms with E-state index in [1.165, 1.54) is 11.8 Å². The lowest BCUT2D eigenvalue weighted by molar-refractivity contribution is 0.0527. The van der Waals surface area contributed by atoms with Crippen LogP contribution >= 0.6 is 24.0 Å². The number of carbonyl (C=O) groups excluding carboxylic acids is 1. The van der Waals surface area contributed by atoms with Crippen molar-refractivity contribution in [2.24, 2.45) is 0 Å². The van der Waals surface area contributed by atoms with E-state index in [-0.39, 0.29) is 0 Å². The zero-order valence-corrected chi connectivity index (χ0v) is 13.3. The molecule has 0 spiro atoms. The van der Waals surface area contributed by atoms with Crippen molar-refractivity contribution in [2.75, 3.05) is 18.2 Å². The fraction of sp³-hybridized carbons (Fsp3) is 0.214. The Morgan fingerprint density at radius 1 is 1.43 bits per heavy atom. The van der Waals surface area contributed by atoms with Crippen molar-refractivity contribution in [1.82, 2.24) is 9.78 Å². The third-order valence-corrected chi connectivity index (χ3v) is 3.71. The number of thiocarbonyl (C=S) groups is 1. The highest BCUT2D eigenvalue weighted by molar-refractivity contribution is 8.22. The number of hydrogen-bond acceptors (Lipinski definition) is 5. The summed E-state index contributed by atoms with van der Waals surface area (Å²) in [4.78, 5) is 12.0. The Balaban J connectivity index is 2.39. The summed E-state index contributed by atoms with van der Waals surface area (Å²) in [7, 11) is 0. The van der Waals surface area contributed by atoms with Crippen molar-refractivity contribution >= 4 is 40.1 Å². The number of esters is 1. The van der Waals surface area contributed by atoms with Crippen LogP contribution in [-0.2, 0) is 4.74 Å². The topological polar surface area (TPSA) is 56.2 Å². The minimum atomic E-state index is -0.425. The minimum absolute atomic E-state index is 0.307. The summed E-state index contributed by atoms with van der Waals surface area (Å²) >= 11 is 6.50. The van der Waals surface area contributed by atoms with E-state index in [2.05, 4.69) is 10.4 Å². The number of nitrogens with one attached hydrogen (secondary N) is 1. The molecule has 2 aromatic rings. The van der Waals surface area contributed by atoms with Gasteiger partial charge in [-0.25, -0.2) is 9.48 Å². The second kappa shape index (κ2) is 7.24. The van der Waals surface area contributed by atoms with Gasteiger partial charge in [0.05, 0.1) is 12.3 Å². The summed E-state index contributed by atoms with van der Waals surface area (Å²) in [6.07, 6.45) is 3.49. The van der Waals surface area contributed by atoms with Crippen LogP contribution < -0.4 is 5.32 Å². The Labute approximate surface area is 132 Å². The van der Waals surface area contributed by atoms with Gasteiger partial charge in [0.15, 0.2) is 5.82 Å².